The molecule has 10 nitrogen and oxygen atoms in total. The first-order chi connectivity index (χ1) is 34.8. The molecule has 15 heteroatoms. The van der Waals surface area contributed by atoms with Crippen LogP contribution in [0.4, 0.5) is 0 Å². The molecule has 3 aliphatic heterocycles. The number of aryl methyl sites for hydroxylation is 2. The lowest BCUT2D eigenvalue weighted by atomic mass is 10.1. The third-order valence-electron chi connectivity index (χ3n) is 16.0. The number of rotatable bonds is 4. The second kappa shape index (κ2) is 18.4. The maximum absolute atomic E-state index is 12.8. The number of aromatic amines is 1. The standard InChI is InChI=1S/C22H27NO2SSi.C21H25NO3SSi.C16H13NO2S/c1-22(2,3)27(5,6)25-15-11-12-19-17(13-15)18-14-26(24)20-10-8-7-9-16(20)21(18)23(19)4;1-21(2,3)27(4,5)25-14-10-11-18-16(12-14)17-13-26(23,24)19-9-7-6-8-15(19)20(17)22-18;1-17-14-7-6-10(18)8-12(14)13-9-20(19)15-5-3-2-4-11(15)16(13)17/h7-13H,14H2,1-6H3;6-12,22H,13H2,1-5H3;2-8,18H,9H2,1H3. The van der Waals surface area contributed by atoms with Gasteiger partial charge in [0.15, 0.2) is 9.84 Å². The maximum Gasteiger partial charge on any atom is 0.250 e. The second-order valence-electron chi connectivity index (χ2n) is 22.8. The third-order valence-corrected chi connectivity index (χ3v) is 29.2. The summed E-state index contributed by atoms with van der Waals surface area (Å²) in [4.78, 5) is 5.66. The quantitative estimate of drug-likeness (QED) is 0.168. The van der Waals surface area contributed by atoms with Gasteiger partial charge in [0, 0.05) is 78.8 Å². The molecule has 2 atom stereocenters. The first-order valence-corrected chi connectivity index (χ1v) is 35.1. The molecule has 6 aromatic carbocycles. The SMILES string of the molecule is CC(C)(C)[Si](C)(C)Oc1ccc2[nH]c3c(c2c1)CS(=O)(=O)c1ccccc1-3.Cn1c2c(c3cc(O)ccc31)CS(=O)c1ccccc1-2.Cn1c2c(c3cc(O[Si](C)(C)C(C)(C)C)ccc31)CS(=O)c1ccccc1-2. The van der Waals surface area contributed by atoms with Crippen LogP contribution in [0.25, 0.3) is 66.5 Å². The van der Waals surface area contributed by atoms with E-state index < -0.39 is 48.1 Å². The second-order valence-corrected chi connectivity index (χ2v) is 37.0. The van der Waals surface area contributed by atoms with E-state index in [9.17, 15) is 21.9 Å². The number of aromatic hydroxyl groups is 1. The van der Waals surface area contributed by atoms with E-state index in [0.29, 0.717) is 16.4 Å². The van der Waals surface area contributed by atoms with Gasteiger partial charge in [-0.05, 0) is 120 Å². The van der Waals surface area contributed by atoms with Crippen LogP contribution in [0, 0.1) is 0 Å². The van der Waals surface area contributed by atoms with Crippen molar-refractivity contribution in [3.63, 3.8) is 0 Å². The molecular formula is C59H65N3O7S3Si2. The van der Waals surface area contributed by atoms with E-state index in [0.717, 1.165) is 93.2 Å². The summed E-state index contributed by atoms with van der Waals surface area (Å²) in [7, 11) is -5.11. The average molecular weight is 1080 g/mol. The van der Waals surface area contributed by atoms with E-state index in [-0.39, 0.29) is 21.6 Å². The number of benzene rings is 6. The Bertz CT molecular complexity index is 3910. The highest BCUT2D eigenvalue weighted by molar-refractivity contribution is 7.91. The van der Waals surface area contributed by atoms with Gasteiger partial charge in [0.1, 0.15) is 17.2 Å². The fourth-order valence-corrected chi connectivity index (χ4v) is 16.3. The molecule has 0 aliphatic carbocycles. The van der Waals surface area contributed by atoms with Crippen molar-refractivity contribution < 1.29 is 30.8 Å². The van der Waals surface area contributed by atoms with Gasteiger partial charge in [-0.1, -0.05) is 96.1 Å². The van der Waals surface area contributed by atoms with Crippen molar-refractivity contribution in [2.75, 3.05) is 0 Å². The van der Waals surface area contributed by atoms with Gasteiger partial charge in [0.05, 0.1) is 60.8 Å². The molecule has 0 amide bonds. The number of phenolic OH excluding ortho intramolecular Hbond substituents is 1. The normalized spacial score (nSPS) is 16.6. The largest absolute Gasteiger partial charge is 0.543 e. The summed E-state index contributed by atoms with van der Waals surface area (Å²) < 4.78 is 68.1. The number of hydrogen-bond acceptors (Lipinski definition) is 7. The third kappa shape index (κ3) is 8.91. The summed E-state index contributed by atoms with van der Waals surface area (Å²) in [5.74, 6) is 3.07. The highest BCUT2D eigenvalue weighted by Crippen LogP contribution is 2.46. The first-order valence-electron chi connectivity index (χ1n) is 25.0. The Balaban J connectivity index is 0.000000128. The van der Waals surface area contributed by atoms with Gasteiger partial charge in [-0.3, -0.25) is 8.42 Å². The fraction of sp³-hybridized carbons (Fsp3) is 0.288. The number of H-pyrrole nitrogens is 1. The molecule has 74 heavy (non-hydrogen) atoms. The summed E-state index contributed by atoms with van der Waals surface area (Å²) >= 11 is 0. The number of nitrogens with one attached hydrogen (secondary N) is 1. The van der Waals surface area contributed by atoms with E-state index in [4.69, 9.17) is 8.85 Å². The van der Waals surface area contributed by atoms with Crippen LogP contribution in [-0.2, 0) is 62.8 Å². The average Bonchev–Trinajstić information content (AvgIpc) is 3.93. The molecular weight excluding hydrogens is 1020 g/mol. The highest BCUT2D eigenvalue weighted by atomic mass is 32.2. The van der Waals surface area contributed by atoms with Gasteiger partial charge in [-0.15, -0.1) is 0 Å². The van der Waals surface area contributed by atoms with Crippen LogP contribution >= 0.6 is 0 Å². The summed E-state index contributed by atoms with van der Waals surface area (Å²) in [5, 5.41) is 13.0. The molecule has 0 bridgehead atoms. The lowest BCUT2D eigenvalue weighted by Crippen LogP contribution is -2.43. The van der Waals surface area contributed by atoms with Gasteiger partial charge >= 0.3 is 0 Å². The van der Waals surface area contributed by atoms with Crippen LogP contribution in [0.3, 0.4) is 0 Å². The van der Waals surface area contributed by atoms with Gasteiger partial charge in [-0.2, -0.15) is 0 Å². The number of sulfone groups is 1. The minimum atomic E-state index is -3.34. The molecule has 384 valence electrons. The minimum absolute atomic E-state index is 0.0168. The number of fused-ring (bicyclic) bond motifs is 15. The molecule has 2 unspecified atom stereocenters. The monoisotopic (exact) mass is 1080 g/mol. The number of nitrogens with zero attached hydrogens (tertiary/aromatic N) is 2. The molecule has 0 saturated heterocycles. The van der Waals surface area contributed by atoms with Crippen molar-refractivity contribution >= 4 is 80.8 Å². The maximum atomic E-state index is 12.8. The predicted molar refractivity (Wildman–Crippen MR) is 309 cm³/mol. The van der Waals surface area contributed by atoms with Crippen LogP contribution in [0.2, 0.25) is 36.3 Å². The Hall–Kier alpha value is -5.98. The van der Waals surface area contributed by atoms with Crippen molar-refractivity contribution in [1.29, 1.82) is 0 Å². The van der Waals surface area contributed by atoms with Gasteiger partial charge < -0.3 is 28.1 Å². The summed E-state index contributed by atoms with van der Waals surface area (Å²) in [6.07, 6.45) is 0. The van der Waals surface area contributed by atoms with Crippen LogP contribution in [0.15, 0.2) is 142 Å². The molecule has 0 fully saturated rings. The zero-order valence-corrected chi connectivity index (χ0v) is 48.7. The Morgan fingerprint density at radius 2 is 1.01 bits per heavy atom. The molecule has 9 aromatic rings. The summed E-state index contributed by atoms with van der Waals surface area (Å²) in [6.45, 7) is 22.3. The minimum Gasteiger partial charge on any atom is -0.543 e. The summed E-state index contributed by atoms with van der Waals surface area (Å²) in [6, 6.07) is 40.8. The van der Waals surface area contributed by atoms with Crippen molar-refractivity contribution in [2.24, 2.45) is 14.1 Å². The van der Waals surface area contributed by atoms with Crippen LogP contribution in [-0.4, -0.2) is 52.7 Å². The van der Waals surface area contributed by atoms with Crippen molar-refractivity contribution in [1.82, 2.24) is 14.1 Å². The first kappa shape index (κ1) is 51.5. The zero-order valence-electron chi connectivity index (χ0n) is 44.3. The van der Waals surface area contributed by atoms with Crippen molar-refractivity contribution in [2.45, 2.75) is 110 Å². The Labute approximate surface area is 441 Å². The van der Waals surface area contributed by atoms with E-state index in [1.54, 1.807) is 24.3 Å². The topological polar surface area (TPSA) is 133 Å². The van der Waals surface area contributed by atoms with Crippen LogP contribution in [0.1, 0.15) is 58.2 Å². The Morgan fingerprint density at radius 1 is 0.568 bits per heavy atom. The fourth-order valence-electron chi connectivity index (χ4n) is 9.97. The molecule has 12 rings (SSSR count). The highest BCUT2D eigenvalue weighted by Gasteiger charge is 2.41. The van der Waals surface area contributed by atoms with E-state index in [1.165, 1.54) is 11.3 Å². The lowest BCUT2D eigenvalue weighted by Gasteiger charge is -2.36. The van der Waals surface area contributed by atoms with E-state index in [2.05, 4.69) is 113 Å². The molecule has 3 aliphatic rings. The van der Waals surface area contributed by atoms with E-state index >= 15 is 0 Å². The summed E-state index contributed by atoms with van der Waals surface area (Å²) in [5.41, 5.74) is 12.3. The molecule has 0 radical (unpaired) electrons. The van der Waals surface area contributed by atoms with Gasteiger partial charge in [0.2, 0.25) is 16.6 Å². The van der Waals surface area contributed by atoms with Crippen LogP contribution < -0.4 is 8.85 Å². The smallest absolute Gasteiger partial charge is 0.250 e. The predicted octanol–water partition coefficient (Wildman–Crippen LogP) is 14.5. The molecule has 0 spiro atoms. The number of aromatic nitrogens is 3. The van der Waals surface area contributed by atoms with Gasteiger partial charge in [0.25, 0.3) is 0 Å². The number of phenols is 1. The van der Waals surface area contributed by atoms with Crippen LogP contribution in [0.5, 0.6) is 17.2 Å². The van der Waals surface area contributed by atoms with Crippen molar-refractivity contribution in [3.05, 3.63) is 144 Å². The number of hydrogen-bond donors (Lipinski definition) is 2. The van der Waals surface area contributed by atoms with E-state index in [1.807, 2.05) is 85.9 Å². The molecule has 6 heterocycles. The Kier molecular flexibility index (Phi) is 12.8. The molecule has 0 saturated carbocycles. The zero-order chi connectivity index (χ0) is 53.0. The van der Waals surface area contributed by atoms with Crippen molar-refractivity contribution in [3.8, 4) is 51.0 Å². The molecule has 2 N–H and O–H groups in total. The lowest BCUT2D eigenvalue weighted by molar-refractivity contribution is 0.476. The molecule has 3 aromatic heterocycles. The van der Waals surface area contributed by atoms with Gasteiger partial charge in [-0.25, -0.2) is 8.42 Å². The Morgan fingerprint density at radius 3 is 1.54 bits per heavy atom.